The first-order chi connectivity index (χ1) is 10.8. The number of aryl methyl sites for hydroxylation is 3. The van der Waals surface area contributed by atoms with Gasteiger partial charge in [0.2, 0.25) is 0 Å². The zero-order valence-corrected chi connectivity index (χ0v) is 14.9. The van der Waals surface area contributed by atoms with Crippen LogP contribution in [0.3, 0.4) is 0 Å². The van der Waals surface area contributed by atoms with Crippen molar-refractivity contribution in [1.82, 2.24) is 0 Å². The van der Waals surface area contributed by atoms with Crippen LogP contribution in [0.25, 0.3) is 0 Å². The minimum absolute atomic E-state index is 0.177. The zero-order chi connectivity index (χ0) is 17.1. The van der Waals surface area contributed by atoms with Crippen LogP contribution >= 0.6 is 11.6 Å². The van der Waals surface area contributed by atoms with E-state index < -0.39 is 6.10 Å². The molecule has 0 aliphatic carbocycles. The van der Waals surface area contributed by atoms with Crippen LogP contribution in [0, 0.1) is 27.7 Å². The molecule has 0 aliphatic rings. The Balaban J connectivity index is 2.10. The monoisotopic (exact) mass is 331 g/mol. The van der Waals surface area contributed by atoms with Crippen LogP contribution in [-0.4, -0.2) is 12.0 Å². The predicted molar refractivity (Wildman–Crippen MR) is 95.6 cm³/mol. The van der Waals surface area contributed by atoms with Crippen LogP contribution in [-0.2, 0) is 4.79 Å². The second-order valence-corrected chi connectivity index (χ2v) is 6.25. The number of rotatable bonds is 4. The Bertz CT molecular complexity index is 717. The van der Waals surface area contributed by atoms with E-state index in [0.29, 0.717) is 5.75 Å². The lowest BCUT2D eigenvalue weighted by Crippen LogP contribution is -2.30. The Hall–Kier alpha value is -2.00. The smallest absolute Gasteiger partial charge is 0.265 e. The van der Waals surface area contributed by atoms with Crippen molar-refractivity contribution in [2.24, 2.45) is 0 Å². The van der Waals surface area contributed by atoms with Crippen LogP contribution in [0.2, 0.25) is 5.02 Å². The van der Waals surface area contributed by atoms with E-state index in [9.17, 15) is 4.79 Å². The number of carbonyl (C=O) groups is 1. The molecule has 1 atom stereocenters. The van der Waals surface area contributed by atoms with E-state index in [4.69, 9.17) is 16.3 Å². The Labute approximate surface area is 142 Å². The van der Waals surface area contributed by atoms with Crippen LogP contribution < -0.4 is 10.1 Å². The molecule has 122 valence electrons. The first-order valence-electron chi connectivity index (χ1n) is 7.60. The van der Waals surface area contributed by atoms with E-state index in [2.05, 4.69) is 5.32 Å². The topological polar surface area (TPSA) is 38.3 Å². The fraction of sp³-hybridized carbons (Fsp3) is 0.316. The lowest BCUT2D eigenvalue weighted by atomic mass is 10.1. The molecule has 1 amide bonds. The van der Waals surface area contributed by atoms with Gasteiger partial charge >= 0.3 is 0 Å². The average molecular weight is 332 g/mol. The zero-order valence-electron chi connectivity index (χ0n) is 14.2. The minimum atomic E-state index is -0.602. The second kappa shape index (κ2) is 7.05. The fourth-order valence-corrected chi connectivity index (χ4v) is 2.46. The fourth-order valence-electron chi connectivity index (χ4n) is 2.35. The molecule has 1 N–H and O–H groups in total. The Morgan fingerprint density at radius 2 is 1.70 bits per heavy atom. The SMILES string of the molecule is Cc1cccc(NC(=O)[C@@H](C)Oc2cc(C)c(Cl)c(C)c2)c1C. The summed E-state index contributed by atoms with van der Waals surface area (Å²) < 4.78 is 5.76. The number of halogens is 1. The summed E-state index contributed by atoms with van der Waals surface area (Å²) in [7, 11) is 0. The van der Waals surface area contributed by atoms with E-state index in [1.165, 1.54) is 0 Å². The van der Waals surface area contributed by atoms with Gasteiger partial charge < -0.3 is 10.1 Å². The maximum Gasteiger partial charge on any atom is 0.265 e. The van der Waals surface area contributed by atoms with Crippen LogP contribution in [0.1, 0.15) is 29.2 Å². The maximum atomic E-state index is 12.4. The number of ether oxygens (including phenoxy) is 1. The van der Waals surface area contributed by atoms with Crippen molar-refractivity contribution in [2.75, 3.05) is 5.32 Å². The highest BCUT2D eigenvalue weighted by Crippen LogP contribution is 2.26. The van der Waals surface area contributed by atoms with Crippen LogP contribution in [0.15, 0.2) is 30.3 Å². The maximum absolute atomic E-state index is 12.4. The highest BCUT2D eigenvalue weighted by atomic mass is 35.5. The number of amides is 1. The highest BCUT2D eigenvalue weighted by molar-refractivity contribution is 6.32. The summed E-state index contributed by atoms with van der Waals surface area (Å²) in [5, 5.41) is 3.65. The summed E-state index contributed by atoms with van der Waals surface area (Å²) in [5.74, 6) is 0.469. The summed E-state index contributed by atoms with van der Waals surface area (Å²) >= 11 is 6.15. The molecule has 4 heteroatoms. The molecule has 0 bridgehead atoms. The molecule has 23 heavy (non-hydrogen) atoms. The van der Waals surface area contributed by atoms with Crippen molar-refractivity contribution in [3.63, 3.8) is 0 Å². The predicted octanol–water partition coefficient (Wildman–Crippen LogP) is 4.98. The van der Waals surface area contributed by atoms with Crippen molar-refractivity contribution in [2.45, 2.75) is 40.7 Å². The average Bonchev–Trinajstić information content (AvgIpc) is 2.49. The first-order valence-corrected chi connectivity index (χ1v) is 7.98. The molecule has 2 aromatic rings. The molecule has 2 aromatic carbocycles. The van der Waals surface area contributed by atoms with Gasteiger partial charge in [0.05, 0.1) is 0 Å². The van der Waals surface area contributed by atoms with Crippen LogP contribution in [0.4, 0.5) is 5.69 Å². The second-order valence-electron chi connectivity index (χ2n) is 5.87. The number of hydrogen-bond acceptors (Lipinski definition) is 2. The van der Waals surface area contributed by atoms with E-state index in [1.807, 2.05) is 58.0 Å². The molecule has 0 aliphatic heterocycles. The number of benzene rings is 2. The third-order valence-corrected chi connectivity index (χ3v) is 4.55. The molecule has 3 nitrogen and oxygen atoms in total. The Morgan fingerprint density at radius 1 is 1.09 bits per heavy atom. The molecular weight excluding hydrogens is 310 g/mol. The first kappa shape index (κ1) is 17.4. The lowest BCUT2D eigenvalue weighted by molar-refractivity contribution is -0.122. The van der Waals surface area contributed by atoms with Crippen molar-refractivity contribution >= 4 is 23.2 Å². The molecule has 0 fully saturated rings. The Kier molecular flexibility index (Phi) is 5.32. The van der Waals surface area contributed by atoms with Crippen molar-refractivity contribution in [3.8, 4) is 5.75 Å². The van der Waals surface area contributed by atoms with Gasteiger partial charge in [-0.05, 0) is 75.1 Å². The van der Waals surface area contributed by atoms with Crippen molar-refractivity contribution < 1.29 is 9.53 Å². The molecular formula is C19H22ClNO2. The highest BCUT2D eigenvalue weighted by Gasteiger charge is 2.17. The normalized spacial score (nSPS) is 11.9. The molecule has 0 spiro atoms. The standard InChI is InChI=1S/C19H22ClNO2/c1-11-7-6-8-17(14(11)4)21-19(22)15(5)23-16-9-12(2)18(20)13(3)10-16/h6-10,15H,1-5H3,(H,21,22)/t15-/m1/s1. The molecule has 0 radical (unpaired) electrons. The quantitative estimate of drug-likeness (QED) is 0.858. The van der Waals surface area contributed by atoms with Gasteiger partial charge in [0, 0.05) is 10.7 Å². The largest absolute Gasteiger partial charge is 0.481 e. The van der Waals surface area contributed by atoms with E-state index in [1.54, 1.807) is 6.92 Å². The third-order valence-electron chi connectivity index (χ3n) is 3.95. The Morgan fingerprint density at radius 3 is 2.30 bits per heavy atom. The summed E-state index contributed by atoms with van der Waals surface area (Å²) in [6.07, 6.45) is -0.602. The van der Waals surface area contributed by atoms with Crippen LogP contribution in [0.5, 0.6) is 5.75 Å². The van der Waals surface area contributed by atoms with Gasteiger partial charge in [-0.15, -0.1) is 0 Å². The van der Waals surface area contributed by atoms with E-state index in [-0.39, 0.29) is 5.91 Å². The molecule has 2 rings (SSSR count). The summed E-state index contributed by atoms with van der Waals surface area (Å²) in [6, 6.07) is 9.52. The molecule has 0 saturated heterocycles. The van der Waals surface area contributed by atoms with Crippen molar-refractivity contribution in [3.05, 3.63) is 57.6 Å². The number of anilines is 1. The molecule has 0 unspecified atom stereocenters. The number of hydrogen-bond donors (Lipinski definition) is 1. The van der Waals surface area contributed by atoms with E-state index >= 15 is 0 Å². The van der Waals surface area contributed by atoms with Gasteiger partial charge in [-0.2, -0.15) is 0 Å². The van der Waals surface area contributed by atoms with Gasteiger partial charge in [0.15, 0.2) is 6.10 Å². The van der Waals surface area contributed by atoms with Gasteiger partial charge in [-0.1, -0.05) is 23.7 Å². The lowest BCUT2D eigenvalue weighted by Gasteiger charge is -2.17. The third kappa shape index (κ3) is 4.05. The summed E-state index contributed by atoms with van der Waals surface area (Å²) in [5.41, 5.74) is 4.88. The van der Waals surface area contributed by atoms with E-state index in [0.717, 1.165) is 33.0 Å². The summed E-state index contributed by atoms with van der Waals surface area (Å²) in [4.78, 5) is 12.4. The molecule has 0 heterocycles. The number of nitrogens with one attached hydrogen (secondary N) is 1. The minimum Gasteiger partial charge on any atom is -0.481 e. The molecule has 0 aromatic heterocycles. The van der Waals surface area contributed by atoms with Gasteiger partial charge in [-0.25, -0.2) is 0 Å². The van der Waals surface area contributed by atoms with Gasteiger partial charge in [0.25, 0.3) is 5.91 Å². The van der Waals surface area contributed by atoms with Gasteiger partial charge in [0.1, 0.15) is 5.75 Å². The van der Waals surface area contributed by atoms with Gasteiger partial charge in [-0.3, -0.25) is 4.79 Å². The number of carbonyl (C=O) groups excluding carboxylic acids is 1. The summed E-state index contributed by atoms with van der Waals surface area (Å²) in [6.45, 7) is 9.58. The molecule has 0 saturated carbocycles. The van der Waals surface area contributed by atoms with Crippen molar-refractivity contribution in [1.29, 1.82) is 0 Å².